The van der Waals surface area contributed by atoms with Crippen LogP contribution in [0.5, 0.6) is 5.75 Å². The number of rotatable bonds is 5. The van der Waals surface area contributed by atoms with Gasteiger partial charge in [-0.05, 0) is 51.1 Å². The summed E-state index contributed by atoms with van der Waals surface area (Å²) < 4.78 is 33.9. The van der Waals surface area contributed by atoms with Crippen LogP contribution in [-0.4, -0.2) is 20.1 Å². The molecule has 142 valence electrons. The van der Waals surface area contributed by atoms with Crippen molar-refractivity contribution in [1.29, 1.82) is 0 Å². The van der Waals surface area contributed by atoms with Crippen LogP contribution in [-0.2, 0) is 9.84 Å². The van der Waals surface area contributed by atoms with Gasteiger partial charge in [0.2, 0.25) is 9.84 Å². The molecule has 3 aromatic rings. The molecule has 0 saturated carbocycles. The van der Waals surface area contributed by atoms with Crippen molar-refractivity contribution in [2.45, 2.75) is 31.7 Å². The Morgan fingerprint density at radius 1 is 1.15 bits per heavy atom. The molecule has 1 heterocycles. The first-order valence-electron chi connectivity index (χ1n) is 8.72. The van der Waals surface area contributed by atoms with Crippen molar-refractivity contribution in [1.82, 2.24) is 4.57 Å². The Balaban J connectivity index is 2.27. The Kier molecular flexibility index (Phi) is 5.02. The Bertz CT molecular complexity index is 1110. The first kappa shape index (κ1) is 19.0. The number of hydrogen-bond acceptors (Lipinski definition) is 4. The average Bonchev–Trinajstić information content (AvgIpc) is 3.01. The minimum absolute atomic E-state index is 0.0870. The van der Waals surface area contributed by atoms with Crippen LogP contribution in [0.15, 0.2) is 59.8 Å². The fourth-order valence-corrected chi connectivity index (χ4v) is 4.53. The zero-order valence-electron chi connectivity index (χ0n) is 15.9. The molecule has 0 radical (unpaired) electrons. The largest absolute Gasteiger partial charge is 0.497 e. The highest BCUT2D eigenvalue weighted by Crippen LogP contribution is 2.36. The summed E-state index contributed by atoms with van der Waals surface area (Å²) in [5, 5.41) is 0.787. The zero-order valence-corrected chi connectivity index (χ0v) is 16.7. The standard InChI is InChI=1S/C21H24N2O3S/c1-14(2)23-13-19(18-11-16(26-4)7-10-20(18)23)21(12-22)27(24,25)17-8-5-15(3)6-9-17/h5-14H,22H2,1-4H3/b21-12+. The Hall–Kier alpha value is -2.73. The predicted molar refractivity (Wildman–Crippen MR) is 109 cm³/mol. The molecule has 0 atom stereocenters. The summed E-state index contributed by atoms with van der Waals surface area (Å²) in [6.07, 6.45) is 3.02. The lowest BCUT2D eigenvalue weighted by Gasteiger charge is -2.09. The summed E-state index contributed by atoms with van der Waals surface area (Å²) >= 11 is 0. The third kappa shape index (κ3) is 3.32. The maximum absolute atomic E-state index is 13.3. The van der Waals surface area contributed by atoms with Gasteiger partial charge >= 0.3 is 0 Å². The number of ether oxygens (including phenoxy) is 1. The predicted octanol–water partition coefficient (Wildman–Crippen LogP) is 4.27. The molecule has 1 aromatic heterocycles. The summed E-state index contributed by atoms with van der Waals surface area (Å²) in [5.74, 6) is 0.661. The first-order chi connectivity index (χ1) is 12.8. The van der Waals surface area contributed by atoms with Gasteiger partial charge < -0.3 is 15.0 Å². The maximum atomic E-state index is 13.3. The molecule has 0 aliphatic heterocycles. The lowest BCUT2D eigenvalue weighted by Crippen LogP contribution is -2.06. The van der Waals surface area contributed by atoms with Gasteiger partial charge in [-0.3, -0.25) is 0 Å². The second kappa shape index (κ2) is 7.12. The molecule has 0 spiro atoms. The van der Waals surface area contributed by atoms with E-state index in [1.807, 2.05) is 49.7 Å². The summed E-state index contributed by atoms with van der Waals surface area (Å²) in [6.45, 7) is 6.01. The lowest BCUT2D eigenvalue weighted by molar-refractivity contribution is 0.415. The molecule has 0 aliphatic carbocycles. The molecule has 0 aliphatic rings. The molecule has 27 heavy (non-hydrogen) atoms. The molecule has 5 nitrogen and oxygen atoms in total. The van der Waals surface area contributed by atoms with E-state index in [0.29, 0.717) is 11.3 Å². The van der Waals surface area contributed by atoms with Crippen LogP contribution in [0.2, 0.25) is 0 Å². The molecule has 0 fully saturated rings. The molecule has 0 bridgehead atoms. The van der Waals surface area contributed by atoms with E-state index in [0.717, 1.165) is 16.5 Å². The summed E-state index contributed by atoms with van der Waals surface area (Å²) in [6, 6.07) is 12.6. The van der Waals surface area contributed by atoms with Crippen molar-refractivity contribution >= 4 is 25.6 Å². The number of nitrogens with zero attached hydrogens (tertiary/aromatic N) is 1. The molecule has 2 aromatic carbocycles. The van der Waals surface area contributed by atoms with E-state index in [1.165, 1.54) is 6.20 Å². The lowest BCUT2D eigenvalue weighted by atomic mass is 10.1. The summed E-state index contributed by atoms with van der Waals surface area (Å²) in [7, 11) is -2.18. The molecule has 3 rings (SSSR count). The smallest absolute Gasteiger partial charge is 0.208 e. The third-order valence-electron chi connectivity index (χ3n) is 4.63. The van der Waals surface area contributed by atoms with Crippen molar-refractivity contribution in [3.05, 3.63) is 66.0 Å². The number of aromatic nitrogens is 1. The second-order valence-corrected chi connectivity index (χ2v) is 8.69. The van der Waals surface area contributed by atoms with Gasteiger partial charge in [0.05, 0.1) is 16.9 Å². The number of hydrogen-bond donors (Lipinski definition) is 1. The van der Waals surface area contributed by atoms with E-state index < -0.39 is 9.84 Å². The molecular weight excluding hydrogens is 360 g/mol. The number of benzene rings is 2. The van der Waals surface area contributed by atoms with Gasteiger partial charge in [-0.25, -0.2) is 8.42 Å². The van der Waals surface area contributed by atoms with Crippen LogP contribution in [0.4, 0.5) is 0 Å². The van der Waals surface area contributed by atoms with E-state index in [2.05, 4.69) is 0 Å². The van der Waals surface area contributed by atoms with Gasteiger partial charge in [-0.1, -0.05) is 17.7 Å². The number of nitrogens with two attached hydrogens (primary N) is 1. The second-order valence-electron chi connectivity index (χ2n) is 6.77. The van der Waals surface area contributed by atoms with E-state index in [4.69, 9.17) is 10.5 Å². The van der Waals surface area contributed by atoms with Crippen molar-refractivity contribution in [2.24, 2.45) is 5.73 Å². The Morgan fingerprint density at radius 2 is 1.81 bits per heavy atom. The molecule has 6 heteroatoms. The van der Waals surface area contributed by atoms with Crippen molar-refractivity contribution in [3.8, 4) is 5.75 Å². The molecule has 0 unspecified atom stereocenters. The van der Waals surface area contributed by atoms with Gasteiger partial charge in [0.15, 0.2) is 0 Å². The maximum Gasteiger partial charge on any atom is 0.208 e. The fraction of sp³-hybridized carbons (Fsp3) is 0.238. The van der Waals surface area contributed by atoms with Gasteiger partial charge in [-0.15, -0.1) is 0 Å². The minimum Gasteiger partial charge on any atom is -0.497 e. The van der Waals surface area contributed by atoms with Crippen molar-refractivity contribution < 1.29 is 13.2 Å². The minimum atomic E-state index is -3.76. The third-order valence-corrected chi connectivity index (χ3v) is 6.46. The van der Waals surface area contributed by atoms with Crippen LogP contribution in [0.3, 0.4) is 0 Å². The van der Waals surface area contributed by atoms with Crippen LogP contribution < -0.4 is 10.5 Å². The van der Waals surface area contributed by atoms with Crippen molar-refractivity contribution in [2.75, 3.05) is 7.11 Å². The highest BCUT2D eigenvalue weighted by atomic mass is 32.2. The van der Waals surface area contributed by atoms with Gasteiger partial charge in [0.1, 0.15) is 5.75 Å². The Morgan fingerprint density at radius 3 is 2.37 bits per heavy atom. The monoisotopic (exact) mass is 384 g/mol. The number of fused-ring (bicyclic) bond motifs is 1. The molecule has 2 N–H and O–H groups in total. The van der Waals surface area contributed by atoms with E-state index >= 15 is 0 Å². The molecule has 0 amide bonds. The highest BCUT2D eigenvalue weighted by Gasteiger charge is 2.26. The quantitative estimate of drug-likeness (QED) is 0.713. The van der Waals surface area contributed by atoms with Gasteiger partial charge in [-0.2, -0.15) is 0 Å². The summed E-state index contributed by atoms with van der Waals surface area (Å²) in [4.78, 5) is 0.308. The van der Waals surface area contributed by atoms with Gasteiger partial charge in [0.25, 0.3) is 0 Å². The van der Waals surface area contributed by atoms with Gasteiger partial charge in [0, 0.05) is 34.9 Å². The van der Waals surface area contributed by atoms with Crippen LogP contribution in [0.25, 0.3) is 15.8 Å². The topological polar surface area (TPSA) is 74.3 Å². The normalized spacial score (nSPS) is 12.7. The Labute approximate surface area is 160 Å². The van der Waals surface area contributed by atoms with Crippen LogP contribution >= 0.6 is 0 Å². The molecular formula is C21H24N2O3S. The van der Waals surface area contributed by atoms with Crippen LogP contribution in [0.1, 0.15) is 31.0 Å². The molecule has 0 saturated heterocycles. The van der Waals surface area contributed by atoms with E-state index in [1.54, 1.807) is 31.4 Å². The van der Waals surface area contributed by atoms with E-state index in [9.17, 15) is 8.42 Å². The number of sulfone groups is 1. The average molecular weight is 385 g/mol. The van der Waals surface area contributed by atoms with E-state index in [-0.39, 0.29) is 15.8 Å². The summed E-state index contributed by atoms with van der Waals surface area (Å²) in [5.41, 5.74) is 8.32. The number of methoxy groups -OCH3 is 1. The number of aryl methyl sites for hydroxylation is 1. The van der Waals surface area contributed by atoms with Crippen LogP contribution in [0, 0.1) is 6.92 Å². The highest BCUT2D eigenvalue weighted by molar-refractivity contribution is 8.00. The first-order valence-corrected chi connectivity index (χ1v) is 10.2. The fourth-order valence-electron chi connectivity index (χ4n) is 3.15. The SMILES string of the molecule is COc1ccc2c(c1)c(/C(=C\N)S(=O)(=O)c1ccc(C)cc1)cn2C(C)C. The van der Waals surface area contributed by atoms with Crippen molar-refractivity contribution in [3.63, 3.8) is 0 Å². The zero-order chi connectivity index (χ0) is 19.8.